The summed E-state index contributed by atoms with van der Waals surface area (Å²) in [6.07, 6.45) is 0.916. The van der Waals surface area contributed by atoms with Crippen molar-refractivity contribution in [1.29, 1.82) is 0 Å². The number of benzene rings is 2. The highest BCUT2D eigenvalue weighted by Gasteiger charge is 2.27. The van der Waals surface area contributed by atoms with Crippen LogP contribution in [0.5, 0.6) is 11.5 Å². The molecule has 25 heavy (non-hydrogen) atoms. The van der Waals surface area contributed by atoms with E-state index in [1.165, 1.54) is 12.1 Å². The normalized spacial score (nSPS) is 15.0. The van der Waals surface area contributed by atoms with E-state index in [9.17, 15) is 14.9 Å². The van der Waals surface area contributed by atoms with E-state index in [-0.39, 0.29) is 18.0 Å². The van der Waals surface area contributed by atoms with E-state index in [2.05, 4.69) is 0 Å². The summed E-state index contributed by atoms with van der Waals surface area (Å²) in [6.45, 7) is 1.56. The molecule has 128 valence electrons. The van der Waals surface area contributed by atoms with E-state index in [0.717, 1.165) is 11.1 Å². The molecule has 0 aromatic heterocycles. The minimum atomic E-state index is -0.442. The Morgan fingerprint density at radius 3 is 2.72 bits per heavy atom. The van der Waals surface area contributed by atoms with Crippen molar-refractivity contribution >= 4 is 17.3 Å². The summed E-state index contributed by atoms with van der Waals surface area (Å²) in [5, 5.41) is 11.0. The van der Waals surface area contributed by atoms with Crippen LogP contribution >= 0.6 is 0 Å². The maximum atomic E-state index is 12.7. The molecule has 0 radical (unpaired) electrons. The van der Waals surface area contributed by atoms with E-state index in [1.807, 2.05) is 12.1 Å². The third-order valence-electron chi connectivity index (χ3n) is 4.44. The monoisotopic (exact) mass is 340 g/mol. The number of hydrogen-bond acceptors (Lipinski definition) is 5. The number of ether oxygens (including phenoxy) is 2. The van der Waals surface area contributed by atoms with Crippen LogP contribution in [0.1, 0.15) is 11.1 Å². The molecule has 2 aliphatic heterocycles. The number of carbonyl (C=O) groups excluding carboxylic acids is 1. The quantitative estimate of drug-likeness (QED) is 0.633. The van der Waals surface area contributed by atoms with Crippen molar-refractivity contribution in [3.8, 4) is 11.5 Å². The highest BCUT2D eigenvalue weighted by Crippen LogP contribution is 2.33. The van der Waals surface area contributed by atoms with Crippen LogP contribution in [-0.4, -0.2) is 30.6 Å². The number of amides is 1. The first-order chi connectivity index (χ1) is 12.1. The van der Waals surface area contributed by atoms with Gasteiger partial charge in [-0.25, -0.2) is 0 Å². The molecule has 0 saturated carbocycles. The smallest absolute Gasteiger partial charge is 0.271 e. The minimum absolute atomic E-state index is 0.00206. The lowest BCUT2D eigenvalue weighted by Crippen LogP contribution is -2.30. The number of hydrogen-bond donors (Lipinski definition) is 0. The fourth-order valence-electron chi connectivity index (χ4n) is 3.21. The zero-order valence-corrected chi connectivity index (χ0v) is 13.4. The summed E-state index contributed by atoms with van der Waals surface area (Å²) in [5.74, 6) is 1.24. The number of anilines is 1. The van der Waals surface area contributed by atoms with E-state index in [0.29, 0.717) is 43.4 Å². The van der Waals surface area contributed by atoms with E-state index in [1.54, 1.807) is 17.0 Å². The number of nitrogens with zero attached hydrogens (tertiary/aromatic N) is 2. The maximum Gasteiger partial charge on any atom is 0.271 e. The molecule has 0 saturated heterocycles. The molecule has 7 nitrogen and oxygen atoms in total. The first-order valence-electron chi connectivity index (χ1n) is 8.08. The summed E-state index contributed by atoms with van der Waals surface area (Å²) in [5.41, 5.74) is 2.42. The van der Waals surface area contributed by atoms with Gasteiger partial charge in [-0.05, 0) is 29.7 Å². The number of nitro groups is 1. The van der Waals surface area contributed by atoms with Crippen LogP contribution in [0, 0.1) is 10.1 Å². The Hall–Kier alpha value is -3.09. The predicted octanol–water partition coefficient (Wildman–Crippen LogP) is 2.50. The van der Waals surface area contributed by atoms with Crippen LogP contribution in [0.25, 0.3) is 0 Å². The Bertz CT molecular complexity index is 865. The average molecular weight is 340 g/mol. The molecule has 2 aromatic rings. The lowest BCUT2D eigenvalue weighted by molar-refractivity contribution is -0.384. The van der Waals surface area contributed by atoms with E-state index >= 15 is 0 Å². The number of nitro benzene ring substituents is 1. The lowest BCUT2D eigenvalue weighted by atomic mass is 10.1. The molecule has 1 amide bonds. The van der Waals surface area contributed by atoms with Crippen LogP contribution in [0.15, 0.2) is 36.4 Å². The fourth-order valence-corrected chi connectivity index (χ4v) is 3.21. The predicted molar refractivity (Wildman–Crippen MR) is 90.3 cm³/mol. The SMILES string of the molecule is O=C(Cc1ccc2c(c1)OCCO2)N1CCc2ccc([N+](=O)[O-])cc21. The van der Waals surface area contributed by atoms with Crippen molar-refractivity contribution in [3.05, 3.63) is 57.6 Å². The van der Waals surface area contributed by atoms with Gasteiger partial charge in [0.1, 0.15) is 13.2 Å². The zero-order valence-electron chi connectivity index (χ0n) is 13.4. The summed E-state index contributed by atoms with van der Waals surface area (Å²) in [4.78, 5) is 24.9. The zero-order chi connectivity index (χ0) is 17.4. The topological polar surface area (TPSA) is 81.9 Å². The van der Waals surface area contributed by atoms with Crippen LogP contribution < -0.4 is 14.4 Å². The van der Waals surface area contributed by atoms with Crippen LogP contribution in [0.3, 0.4) is 0 Å². The molecule has 0 N–H and O–H groups in total. The van der Waals surface area contributed by atoms with Crippen LogP contribution in [0.4, 0.5) is 11.4 Å². The van der Waals surface area contributed by atoms with Crippen molar-refractivity contribution in [1.82, 2.24) is 0 Å². The summed E-state index contributed by atoms with van der Waals surface area (Å²) in [7, 11) is 0. The highest BCUT2D eigenvalue weighted by atomic mass is 16.6. The van der Waals surface area contributed by atoms with E-state index in [4.69, 9.17) is 9.47 Å². The molecule has 2 aromatic carbocycles. The second kappa shape index (κ2) is 6.08. The molecule has 0 unspecified atom stereocenters. The molecule has 0 atom stereocenters. The number of carbonyl (C=O) groups is 1. The van der Waals surface area contributed by atoms with Gasteiger partial charge in [0.25, 0.3) is 5.69 Å². The molecule has 0 fully saturated rings. The molecule has 0 spiro atoms. The second-order valence-corrected chi connectivity index (χ2v) is 6.02. The Morgan fingerprint density at radius 1 is 1.12 bits per heavy atom. The van der Waals surface area contributed by atoms with Gasteiger partial charge in [-0.2, -0.15) is 0 Å². The van der Waals surface area contributed by atoms with Crippen molar-refractivity contribution < 1.29 is 19.2 Å². The Kier molecular flexibility index (Phi) is 3.76. The largest absolute Gasteiger partial charge is 0.486 e. The van der Waals surface area contributed by atoms with Gasteiger partial charge in [-0.1, -0.05) is 12.1 Å². The molecular formula is C18H16N2O5. The minimum Gasteiger partial charge on any atom is -0.486 e. The Morgan fingerprint density at radius 2 is 1.92 bits per heavy atom. The van der Waals surface area contributed by atoms with Gasteiger partial charge in [-0.15, -0.1) is 0 Å². The first kappa shape index (κ1) is 15.4. The van der Waals surface area contributed by atoms with Gasteiger partial charge in [0.2, 0.25) is 5.91 Å². The number of rotatable bonds is 3. The van der Waals surface area contributed by atoms with Gasteiger partial charge < -0.3 is 14.4 Å². The summed E-state index contributed by atoms with van der Waals surface area (Å²) < 4.78 is 11.0. The van der Waals surface area contributed by atoms with Gasteiger partial charge in [-0.3, -0.25) is 14.9 Å². The Balaban J connectivity index is 1.55. The fraction of sp³-hybridized carbons (Fsp3) is 0.278. The van der Waals surface area contributed by atoms with Crippen molar-refractivity contribution in [2.24, 2.45) is 0 Å². The Labute approximate surface area is 143 Å². The highest BCUT2D eigenvalue weighted by molar-refractivity contribution is 5.97. The van der Waals surface area contributed by atoms with Gasteiger partial charge in [0.15, 0.2) is 11.5 Å². The molecule has 4 rings (SSSR count). The summed E-state index contributed by atoms with van der Waals surface area (Å²) >= 11 is 0. The number of non-ortho nitro benzene ring substituents is 1. The molecule has 7 heteroatoms. The third kappa shape index (κ3) is 2.88. The second-order valence-electron chi connectivity index (χ2n) is 6.02. The van der Waals surface area contributed by atoms with Gasteiger partial charge in [0.05, 0.1) is 17.0 Å². The standard InChI is InChI=1S/C18H16N2O5/c21-18(10-12-1-4-16-17(9-12)25-8-7-24-16)19-6-5-13-2-3-14(20(22)23)11-15(13)19/h1-4,9,11H,5-8,10H2. The molecule has 2 heterocycles. The molecule has 2 aliphatic rings. The molecule has 0 bridgehead atoms. The van der Waals surface area contributed by atoms with Gasteiger partial charge >= 0.3 is 0 Å². The van der Waals surface area contributed by atoms with Crippen molar-refractivity contribution in [2.45, 2.75) is 12.8 Å². The van der Waals surface area contributed by atoms with Crippen LogP contribution in [-0.2, 0) is 17.6 Å². The first-order valence-corrected chi connectivity index (χ1v) is 8.08. The maximum absolute atomic E-state index is 12.7. The molecule has 0 aliphatic carbocycles. The van der Waals surface area contributed by atoms with Crippen LogP contribution in [0.2, 0.25) is 0 Å². The number of fused-ring (bicyclic) bond motifs is 2. The van der Waals surface area contributed by atoms with Gasteiger partial charge in [0, 0.05) is 18.7 Å². The third-order valence-corrected chi connectivity index (χ3v) is 4.44. The lowest BCUT2D eigenvalue weighted by Gasteiger charge is -2.20. The summed E-state index contributed by atoms with van der Waals surface area (Å²) in [6, 6.07) is 10.1. The van der Waals surface area contributed by atoms with Crippen molar-refractivity contribution in [2.75, 3.05) is 24.7 Å². The van der Waals surface area contributed by atoms with Crippen molar-refractivity contribution in [3.63, 3.8) is 0 Å². The molecular weight excluding hydrogens is 324 g/mol. The van der Waals surface area contributed by atoms with E-state index < -0.39 is 4.92 Å². The average Bonchev–Trinajstić information content (AvgIpc) is 3.04.